The lowest BCUT2D eigenvalue weighted by Gasteiger charge is -2.13. The van der Waals surface area contributed by atoms with E-state index in [1.807, 2.05) is 6.92 Å². The van der Waals surface area contributed by atoms with Crippen molar-refractivity contribution in [2.75, 3.05) is 6.61 Å². The minimum Gasteiger partial charge on any atom is -0.481 e. The lowest BCUT2D eigenvalue weighted by atomic mass is 10.1. The minimum absolute atomic E-state index is 0.0475. The van der Waals surface area contributed by atoms with E-state index in [0.717, 1.165) is 64.2 Å². The summed E-state index contributed by atoms with van der Waals surface area (Å²) in [5, 5.41) is 16.9. The van der Waals surface area contributed by atoms with Crippen molar-refractivity contribution < 1.29 is 34.1 Å². The van der Waals surface area contributed by atoms with Gasteiger partial charge in [-0.25, -0.2) is 4.79 Å². The standard InChI is InChI=1S/C21H38O7/c1-18(28-20(24)16-12-8-7-11-15-19(22)23)14-10-6-4-2-3-5-9-13-17-27-21(25)26/h18H,2-17H2,1H3,(H,22,23)(H,25,26). The van der Waals surface area contributed by atoms with Crippen LogP contribution in [-0.2, 0) is 19.1 Å². The van der Waals surface area contributed by atoms with E-state index in [4.69, 9.17) is 14.9 Å². The number of rotatable bonds is 19. The van der Waals surface area contributed by atoms with Crippen molar-refractivity contribution in [3.63, 3.8) is 0 Å². The topological polar surface area (TPSA) is 110 Å². The summed E-state index contributed by atoms with van der Waals surface area (Å²) in [5.74, 6) is -0.922. The van der Waals surface area contributed by atoms with Crippen molar-refractivity contribution in [3.8, 4) is 0 Å². The Kier molecular flexibility index (Phi) is 17.4. The summed E-state index contributed by atoms with van der Waals surface area (Å²) in [4.78, 5) is 32.3. The van der Waals surface area contributed by atoms with Gasteiger partial charge in [0.05, 0.1) is 12.7 Å². The number of carbonyl (C=O) groups is 3. The van der Waals surface area contributed by atoms with Crippen LogP contribution in [0.4, 0.5) is 4.79 Å². The minimum atomic E-state index is -1.20. The van der Waals surface area contributed by atoms with E-state index in [9.17, 15) is 14.4 Å². The summed E-state index contributed by atoms with van der Waals surface area (Å²) >= 11 is 0. The van der Waals surface area contributed by atoms with Crippen LogP contribution in [0.2, 0.25) is 0 Å². The van der Waals surface area contributed by atoms with Gasteiger partial charge in [0.25, 0.3) is 0 Å². The molecule has 28 heavy (non-hydrogen) atoms. The first-order chi connectivity index (χ1) is 13.4. The van der Waals surface area contributed by atoms with Gasteiger partial charge in [-0.3, -0.25) is 9.59 Å². The van der Waals surface area contributed by atoms with Gasteiger partial charge in [-0.2, -0.15) is 0 Å². The predicted octanol–water partition coefficient (Wildman–Crippen LogP) is 5.55. The SMILES string of the molecule is CC(CCCCCCCCCCOC(=O)O)OC(=O)CCCCCCC(=O)O. The molecule has 0 saturated heterocycles. The summed E-state index contributed by atoms with van der Waals surface area (Å²) < 4.78 is 9.87. The molecule has 2 N–H and O–H groups in total. The van der Waals surface area contributed by atoms with Crippen molar-refractivity contribution >= 4 is 18.1 Å². The summed E-state index contributed by atoms with van der Waals surface area (Å²) in [6.07, 6.45) is 12.0. The number of aliphatic carboxylic acids is 1. The Bertz CT molecular complexity index is 423. The Morgan fingerprint density at radius 2 is 1.21 bits per heavy atom. The average Bonchev–Trinajstić information content (AvgIpc) is 2.62. The number of esters is 1. The van der Waals surface area contributed by atoms with Gasteiger partial charge in [0.15, 0.2) is 0 Å². The fraction of sp³-hybridized carbons (Fsp3) is 0.857. The second-order valence-corrected chi connectivity index (χ2v) is 7.34. The van der Waals surface area contributed by atoms with Gasteiger partial charge in [-0.15, -0.1) is 0 Å². The molecule has 0 heterocycles. The lowest BCUT2D eigenvalue weighted by molar-refractivity contribution is -0.148. The Hall–Kier alpha value is -1.79. The molecular weight excluding hydrogens is 364 g/mol. The van der Waals surface area contributed by atoms with Gasteiger partial charge in [-0.05, 0) is 39.0 Å². The zero-order chi connectivity index (χ0) is 21.0. The van der Waals surface area contributed by atoms with Crippen LogP contribution in [0.5, 0.6) is 0 Å². The monoisotopic (exact) mass is 402 g/mol. The maximum absolute atomic E-state index is 11.8. The van der Waals surface area contributed by atoms with E-state index >= 15 is 0 Å². The number of carboxylic acids is 1. The quantitative estimate of drug-likeness (QED) is 0.215. The Morgan fingerprint density at radius 1 is 0.714 bits per heavy atom. The highest BCUT2D eigenvalue weighted by Gasteiger charge is 2.09. The van der Waals surface area contributed by atoms with Gasteiger partial charge in [0.1, 0.15) is 0 Å². The van der Waals surface area contributed by atoms with E-state index in [1.165, 1.54) is 12.8 Å². The number of carboxylic acid groups (broad SMARTS) is 2. The van der Waals surface area contributed by atoms with Crippen LogP contribution in [0.1, 0.15) is 103 Å². The molecule has 164 valence electrons. The number of carbonyl (C=O) groups excluding carboxylic acids is 1. The molecule has 0 aliphatic carbocycles. The lowest BCUT2D eigenvalue weighted by Crippen LogP contribution is -2.14. The van der Waals surface area contributed by atoms with Crippen molar-refractivity contribution in [3.05, 3.63) is 0 Å². The molecule has 0 aliphatic rings. The van der Waals surface area contributed by atoms with Crippen LogP contribution in [0, 0.1) is 0 Å². The third-order valence-electron chi connectivity index (χ3n) is 4.58. The number of ether oxygens (including phenoxy) is 2. The molecule has 7 nitrogen and oxygen atoms in total. The molecule has 0 saturated carbocycles. The fourth-order valence-corrected chi connectivity index (χ4v) is 3.00. The molecule has 0 radical (unpaired) electrons. The highest BCUT2D eigenvalue weighted by molar-refractivity contribution is 5.69. The van der Waals surface area contributed by atoms with Crippen LogP contribution in [-0.4, -0.2) is 41.0 Å². The normalized spacial score (nSPS) is 11.8. The second kappa shape index (κ2) is 18.6. The van der Waals surface area contributed by atoms with E-state index in [2.05, 4.69) is 4.74 Å². The smallest absolute Gasteiger partial charge is 0.481 e. The van der Waals surface area contributed by atoms with E-state index in [1.54, 1.807) is 0 Å². The Balaban J connectivity index is 3.35. The maximum atomic E-state index is 11.8. The summed E-state index contributed by atoms with van der Waals surface area (Å²) in [6.45, 7) is 2.22. The molecule has 0 aromatic carbocycles. The van der Waals surface area contributed by atoms with Crippen LogP contribution < -0.4 is 0 Å². The van der Waals surface area contributed by atoms with Crippen molar-refractivity contribution in [1.82, 2.24) is 0 Å². The van der Waals surface area contributed by atoms with Gasteiger partial charge in [0, 0.05) is 12.8 Å². The molecule has 1 unspecified atom stereocenters. The zero-order valence-electron chi connectivity index (χ0n) is 17.3. The predicted molar refractivity (Wildman–Crippen MR) is 106 cm³/mol. The molecule has 0 spiro atoms. The summed E-state index contributed by atoms with van der Waals surface area (Å²) in [7, 11) is 0. The highest BCUT2D eigenvalue weighted by Crippen LogP contribution is 2.13. The molecule has 0 aromatic heterocycles. The van der Waals surface area contributed by atoms with Crippen molar-refractivity contribution in [1.29, 1.82) is 0 Å². The van der Waals surface area contributed by atoms with Gasteiger partial charge >= 0.3 is 18.1 Å². The highest BCUT2D eigenvalue weighted by atomic mass is 16.7. The first-order valence-electron chi connectivity index (χ1n) is 10.7. The molecule has 0 bridgehead atoms. The summed E-state index contributed by atoms with van der Waals surface area (Å²) in [5.41, 5.74) is 0. The van der Waals surface area contributed by atoms with Gasteiger partial charge in [-0.1, -0.05) is 51.4 Å². The van der Waals surface area contributed by atoms with E-state index in [-0.39, 0.29) is 25.1 Å². The zero-order valence-corrected chi connectivity index (χ0v) is 17.3. The molecule has 0 aromatic rings. The molecule has 1 atom stereocenters. The molecule has 0 amide bonds. The molecule has 0 rings (SSSR count). The van der Waals surface area contributed by atoms with Crippen LogP contribution in [0.15, 0.2) is 0 Å². The molecular formula is C21H38O7. The van der Waals surface area contributed by atoms with Crippen LogP contribution in [0.25, 0.3) is 0 Å². The van der Waals surface area contributed by atoms with Crippen LogP contribution >= 0.6 is 0 Å². The third kappa shape index (κ3) is 20.5. The molecule has 0 aliphatic heterocycles. The van der Waals surface area contributed by atoms with Crippen LogP contribution in [0.3, 0.4) is 0 Å². The van der Waals surface area contributed by atoms with Gasteiger partial charge < -0.3 is 19.7 Å². The Morgan fingerprint density at radius 3 is 1.79 bits per heavy atom. The number of unbranched alkanes of at least 4 members (excludes halogenated alkanes) is 10. The fourth-order valence-electron chi connectivity index (χ4n) is 3.00. The summed E-state index contributed by atoms with van der Waals surface area (Å²) in [6, 6.07) is 0. The second-order valence-electron chi connectivity index (χ2n) is 7.34. The molecule has 7 heteroatoms. The first-order valence-corrected chi connectivity index (χ1v) is 10.7. The first kappa shape index (κ1) is 26.2. The Labute approximate surface area is 168 Å². The van der Waals surface area contributed by atoms with Gasteiger partial charge in [0.2, 0.25) is 0 Å². The van der Waals surface area contributed by atoms with Crippen molar-refractivity contribution in [2.45, 2.75) is 109 Å². The number of hydrogen-bond acceptors (Lipinski definition) is 5. The third-order valence-corrected chi connectivity index (χ3v) is 4.58. The molecule has 0 fully saturated rings. The maximum Gasteiger partial charge on any atom is 0.505 e. The van der Waals surface area contributed by atoms with E-state index < -0.39 is 12.1 Å². The van der Waals surface area contributed by atoms with E-state index in [0.29, 0.717) is 12.8 Å². The average molecular weight is 403 g/mol. The largest absolute Gasteiger partial charge is 0.505 e. The number of hydrogen-bond donors (Lipinski definition) is 2. The van der Waals surface area contributed by atoms with Crippen molar-refractivity contribution in [2.24, 2.45) is 0 Å².